The highest BCUT2D eigenvalue weighted by Gasteiger charge is 2.56. The number of fused-ring (bicyclic) bond motifs is 5. The number of hydrogen-bond acceptors (Lipinski definition) is 2. The van der Waals surface area contributed by atoms with Gasteiger partial charge in [-0.1, -0.05) is 19.4 Å². The van der Waals surface area contributed by atoms with Gasteiger partial charge in [0.15, 0.2) is 5.78 Å². The van der Waals surface area contributed by atoms with Gasteiger partial charge in [-0.15, -0.1) is 0 Å². The Kier molecular flexibility index (Phi) is 2.96. The van der Waals surface area contributed by atoms with Crippen LogP contribution in [0.2, 0.25) is 0 Å². The van der Waals surface area contributed by atoms with Gasteiger partial charge >= 0.3 is 0 Å². The minimum Gasteiger partial charge on any atom is -0.299 e. The van der Waals surface area contributed by atoms with Gasteiger partial charge in [-0.25, -0.2) is 0 Å². The van der Waals surface area contributed by atoms with Crippen molar-refractivity contribution in [1.82, 2.24) is 0 Å². The molecular weight excluding hydrogens is 260 g/mol. The summed E-state index contributed by atoms with van der Waals surface area (Å²) < 4.78 is 0. The summed E-state index contributed by atoms with van der Waals surface area (Å²) in [6.45, 7) is 4.58. The third-order valence-electron chi connectivity index (χ3n) is 7.54. The van der Waals surface area contributed by atoms with Gasteiger partial charge in [-0.3, -0.25) is 9.59 Å². The van der Waals surface area contributed by atoms with Gasteiger partial charge < -0.3 is 0 Å². The fraction of sp³-hybridized carbons (Fsp3) is 0.789. The minimum atomic E-state index is 0.247. The molecule has 0 N–H and O–H groups in total. The maximum absolute atomic E-state index is 12.1. The zero-order valence-corrected chi connectivity index (χ0v) is 13.2. The summed E-state index contributed by atoms with van der Waals surface area (Å²) in [5.41, 5.74) is 1.68. The van der Waals surface area contributed by atoms with Crippen molar-refractivity contribution in [2.45, 2.75) is 58.8 Å². The molecule has 3 fully saturated rings. The van der Waals surface area contributed by atoms with E-state index >= 15 is 0 Å². The Morgan fingerprint density at radius 3 is 2.62 bits per heavy atom. The Hall–Kier alpha value is -0.920. The van der Waals surface area contributed by atoms with E-state index in [1.807, 2.05) is 6.08 Å². The second kappa shape index (κ2) is 4.54. The highest BCUT2D eigenvalue weighted by Crippen LogP contribution is 2.63. The summed E-state index contributed by atoms with van der Waals surface area (Å²) >= 11 is 0. The van der Waals surface area contributed by atoms with E-state index in [0.29, 0.717) is 23.4 Å². The van der Waals surface area contributed by atoms with E-state index < -0.39 is 0 Å². The van der Waals surface area contributed by atoms with Crippen molar-refractivity contribution in [2.24, 2.45) is 35.0 Å². The Morgan fingerprint density at radius 2 is 1.81 bits per heavy atom. The molecule has 4 aliphatic rings. The largest absolute Gasteiger partial charge is 0.299 e. The Morgan fingerprint density at radius 1 is 1.05 bits per heavy atom. The molecule has 0 aromatic carbocycles. The maximum atomic E-state index is 12.1. The standard InChI is InChI=1S/C19H26O2/c1-11-16-10-17-15(14(16)5-6-18(11)21)4-3-12-9-13(20)7-8-19(12,17)2/h9,11,14-17H,3-8,10H2,1-2H3/t11-,14+,15+,16+,17+,19+/m1/s1. The van der Waals surface area contributed by atoms with Crippen LogP contribution in [-0.4, -0.2) is 11.6 Å². The van der Waals surface area contributed by atoms with Crippen molar-refractivity contribution < 1.29 is 9.59 Å². The van der Waals surface area contributed by atoms with Crippen LogP contribution in [0.5, 0.6) is 0 Å². The van der Waals surface area contributed by atoms with Crippen LogP contribution in [0.3, 0.4) is 0 Å². The fourth-order valence-corrected chi connectivity index (χ4v) is 6.26. The lowest BCUT2D eigenvalue weighted by molar-refractivity contribution is -0.127. The van der Waals surface area contributed by atoms with Gasteiger partial charge in [-0.2, -0.15) is 0 Å². The van der Waals surface area contributed by atoms with Crippen molar-refractivity contribution in [3.8, 4) is 0 Å². The normalized spacial score (nSPS) is 49.2. The van der Waals surface area contributed by atoms with E-state index in [4.69, 9.17) is 0 Å². The molecule has 114 valence electrons. The SMILES string of the molecule is C[C@H]1C(=O)CC[C@@H]2[C@H]1C[C@H]1[C@H]2CCC2=CC(=O)CC[C@@]21C. The Balaban J connectivity index is 1.68. The van der Waals surface area contributed by atoms with Crippen molar-refractivity contribution in [1.29, 1.82) is 0 Å². The summed E-state index contributed by atoms with van der Waals surface area (Å²) in [4.78, 5) is 23.9. The molecule has 4 rings (SSSR count). The zero-order valence-electron chi connectivity index (χ0n) is 13.2. The molecule has 0 radical (unpaired) electrons. The molecule has 0 spiro atoms. The van der Waals surface area contributed by atoms with Gasteiger partial charge in [0.25, 0.3) is 0 Å². The van der Waals surface area contributed by atoms with E-state index in [0.717, 1.165) is 43.9 Å². The Labute approximate surface area is 127 Å². The molecule has 0 heterocycles. The number of carbonyl (C=O) groups is 2. The van der Waals surface area contributed by atoms with E-state index in [2.05, 4.69) is 13.8 Å². The molecule has 21 heavy (non-hydrogen) atoms. The van der Waals surface area contributed by atoms with Crippen molar-refractivity contribution in [2.75, 3.05) is 0 Å². The van der Waals surface area contributed by atoms with Gasteiger partial charge in [0.2, 0.25) is 0 Å². The topological polar surface area (TPSA) is 34.1 Å². The van der Waals surface area contributed by atoms with E-state index in [9.17, 15) is 9.59 Å². The predicted molar refractivity (Wildman–Crippen MR) is 81.6 cm³/mol. The predicted octanol–water partition coefficient (Wildman–Crippen LogP) is 3.94. The first-order valence-electron chi connectivity index (χ1n) is 8.77. The molecule has 0 bridgehead atoms. The molecule has 0 aromatic heterocycles. The van der Waals surface area contributed by atoms with Gasteiger partial charge in [0, 0.05) is 18.8 Å². The van der Waals surface area contributed by atoms with Crippen LogP contribution in [0.4, 0.5) is 0 Å². The third kappa shape index (κ3) is 1.83. The summed E-state index contributed by atoms with van der Waals surface area (Å²) in [6.07, 6.45) is 9.27. The highest BCUT2D eigenvalue weighted by molar-refractivity contribution is 5.91. The van der Waals surface area contributed by atoms with Crippen molar-refractivity contribution >= 4 is 11.6 Å². The molecule has 0 amide bonds. The number of Topliss-reactive ketones (excluding diaryl/α,β-unsaturated/α-hetero) is 1. The molecule has 2 nitrogen and oxygen atoms in total. The van der Waals surface area contributed by atoms with Crippen LogP contribution in [0.25, 0.3) is 0 Å². The minimum absolute atomic E-state index is 0.247. The molecular formula is C19H26O2. The number of rotatable bonds is 0. The summed E-state index contributed by atoms with van der Waals surface area (Å²) in [6, 6.07) is 0. The van der Waals surface area contributed by atoms with Gasteiger partial charge in [-0.05, 0) is 67.3 Å². The smallest absolute Gasteiger partial charge is 0.155 e. The van der Waals surface area contributed by atoms with Crippen LogP contribution in [0, 0.1) is 35.0 Å². The first kappa shape index (κ1) is 13.7. The average Bonchev–Trinajstić information content (AvgIpc) is 2.84. The molecule has 2 heteroatoms. The van der Waals surface area contributed by atoms with Gasteiger partial charge in [0.1, 0.15) is 5.78 Å². The monoisotopic (exact) mass is 286 g/mol. The first-order valence-corrected chi connectivity index (χ1v) is 8.77. The van der Waals surface area contributed by atoms with E-state index in [1.165, 1.54) is 18.4 Å². The highest BCUT2D eigenvalue weighted by atomic mass is 16.1. The molecule has 0 saturated heterocycles. The number of carbonyl (C=O) groups excluding carboxylic acids is 2. The molecule has 0 unspecified atom stereocenters. The quantitative estimate of drug-likeness (QED) is 0.676. The second-order valence-corrected chi connectivity index (χ2v) is 8.22. The third-order valence-corrected chi connectivity index (χ3v) is 7.54. The molecule has 6 atom stereocenters. The molecule has 0 aromatic rings. The van der Waals surface area contributed by atoms with Gasteiger partial charge in [0.05, 0.1) is 0 Å². The number of allylic oxidation sites excluding steroid dienone is 2. The zero-order chi connectivity index (χ0) is 14.8. The Bertz CT molecular complexity index is 532. The molecule has 4 aliphatic carbocycles. The summed E-state index contributed by atoms with van der Waals surface area (Å²) in [5, 5.41) is 0. The maximum Gasteiger partial charge on any atom is 0.155 e. The molecule has 0 aliphatic heterocycles. The van der Waals surface area contributed by atoms with E-state index in [1.54, 1.807) is 0 Å². The molecule has 3 saturated carbocycles. The van der Waals surface area contributed by atoms with Crippen molar-refractivity contribution in [3.05, 3.63) is 11.6 Å². The average molecular weight is 286 g/mol. The van der Waals surface area contributed by atoms with Crippen LogP contribution in [0.15, 0.2) is 11.6 Å². The summed E-state index contributed by atoms with van der Waals surface area (Å²) in [5.74, 6) is 4.02. The summed E-state index contributed by atoms with van der Waals surface area (Å²) in [7, 11) is 0. The fourth-order valence-electron chi connectivity index (χ4n) is 6.26. The second-order valence-electron chi connectivity index (χ2n) is 8.22. The van der Waals surface area contributed by atoms with Crippen LogP contribution >= 0.6 is 0 Å². The lowest BCUT2D eigenvalue weighted by Crippen LogP contribution is -2.40. The first-order chi connectivity index (χ1) is 10.0. The van der Waals surface area contributed by atoms with Crippen LogP contribution in [0.1, 0.15) is 58.8 Å². The number of hydrogen-bond donors (Lipinski definition) is 0. The van der Waals surface area contributed by atoms with E-state index in [-0.39, 0.29) is 11.3 Å². The van der Waals surface area contributed by atoms with Crippen molar-refractivity contribution in [3.63, 3.8) is 0 Å². The number of ketones is 2. The lowest BCUT2D eigenvalue weighted by Gasteiger charge is -2.48. The van der Waals surface area contributed by atoms with Crippen LogP contribution < -0.4 is 0 Å². The van der Waals surface area contributed by atoms with Crippen LogP contribution in [-0.2, 0) is 9.59 Å². The lowest BCUT2D eigenvalue weighted by atomic mass is 9.56.